The van der Waals surface area contributed by atoms with Gasteiger partial charge >= 0.3 is 6.18 Å². The molecule has 2 heterocycles. The zero-order chi connectivity index (χ0) is 21.5. The first-order valence-electron chi connectivity index (χ1n) is 9.87. The van der Waals surface area contributed by atoms with Crippen LogP contribution < -0.4 is 4.90 Å². The van der Waals surface area contributed by atoms with E-state index < -0.39 is 12.0 Å². The number of para-hydroxylation sites is 2. The van der Waals surface area contributed by atoms with E-state index in [4.69, 9.17) is 0 Å². The highest BCUT2D eigenvalue weighted by Gasteiger charge is 2.38. The van der Waals surface area contributed by atoms with Crippen LogP contribution in [0.15, 0.2) is 42.5 Å². The van der Waals surface area contributed by atoms with Gasteiger partial charge < -0.3 is 14.4 Å². The smallest absolute Gasteiger partial charge is 0.368 e. The third-order valence-electron chi connectivity index (χ3n) is 5.75. The number of rotatable bonds is 3. The van der Waals surface area contributed by atoms with E-state index in [9.17, 15) is 18.0 Å². The predicted molar refractivity (Wildman–Crippen MR) is 109 cm³/mol. The number of carbonyl (C=O) groups excluding carboxylic acids is 1. The van der Waals surface area contributed by atoms with Crippen LogP contribution in [-0.4, -0.2) is 46.5 Å². The quantitative estimate of drug-likeness (QED) is 0.648. The maximum atomic E-state index is 13.5. The molecular formula is C22H23F3N4O. The van der Waals surface area contributed by atoms with Gasteiger partial charge in [-0.15, -0.1) is 0 Å². The lowest BCUT2D eigenvalue weighted by atomic mass is 10.1. The van der Waals surface area contributed by atoms with Crippen LogP contribution in [0.3, 0.4) is 0 Å². The Labute approximate surface area is 172 Å². The number of carbonyl (C=O) groups is 1. The number of aromatic nitrogens is 2. The van der Waals surface area contributed by atoms with Gasteiger partial charge in [-0.3, -0.25) is 4.79 Å². The number of benzene rings is 2. The van der Waals surface area contributed by atoms with Crippen molar-refractivity contribution < 1.29 is 18.0 Å². The summed E-state index contributed by atoms with van der Waals surface area (Å²) in [6.07, 6.45) is -4.62. The highest BCUT2D eigenvalue weighted by atomic mass is 19.4. The van der Waals surface area contributed by atoms with Crippen LogP contribution in [0.2, 0.25) is 0 Å². The van der Waals surface area contributed by atoms with Crippen LogP contribution in [0.25, 0.3) is 11.0 Å². The lowest BCUT2D eigenvalue weighted by Gasteiger charge is -2.37. The number of amides is 1. The van der Waals surface area contributed by atoms with Crippen LogP contribution in [0.5, 0.6) is 0 Å². The molecule has 0 radical (unpaired) electrons. The largest absolute Gasteiger partial charge is 0.449 e. The lowest BCUT2D eigenvalue weighted by Crippen LogP contribution is -2.50. The first-order chi connectivity index (χ1) is 14.3. The Morgan fingerprint density at radius 3 is 2.40 bits per heavy atom. The summed E-state index contributed by atoms with van der Waals surface area (Å²) >= 11 is 0. The van der Waals surface area contributed by atoms with E-state index in [0.717, 1.165) is 10.3 Å². The fourth-order valence-electron chi connectivity index (χ4n) is 3.96. The Hall–Kier alpha value is -3.03. The molecule has 3 aromatic rings. The number of piperazine rings is 1. The van der Waals surface area contributed by atoms with Gasteiger partial charge in [0, 0.05) is 31.9 Å². The zero-order valence-electron chi connectivity index (χ0n) is 16.9. The summed E-state index contributed by atoms with van der Waals surface area (Å²) in [6.45, 7) is 6.00. The molecule has 0 saturated carbocycles. The minimum Gasteiger partial charge on any atom is -0.368 e. The molecule has 0 atom stereocenters. The number of fused-ring (bicyclic) bond motifs is 1. The van der Waals surface area contributed by atoms with E-state index in [1.165, 1.54) is 17.2 Å². The number of aryl methyl sites for hydroxylation is 1. The molecule has 0 unspecified atom stereocenters. The van der Waals surface area contributed by atoms with E-state index >= 15 is 0 Å². The summed E-state index contributed by atoms with van der Waals surface area (Å²) in [6, 6.07) is 12.5. The molecule has 0 bridgehead atoms. The molecule has 8 heteroatoms. The molecule has 0 aliphatic carbocycles. The normalized spacial score (nSPS) is 15.1. The van der Waals surface area contributed by atoms with Crippen LogP contribution >= 0.6 is 0 Å². The average molecular weight is 416 g/mol. The zero-order valence-corrected chi connectivity index (χ0v) is 16.9. The van der Waals surface area contributed by atoms with Crippen molar-refractivity contribution in [3.8, 4) is 0 Å². The maximum Gasteiger partial charge on any atom is 0.449 e. The van der Waals surface area contributed by atoms with Crippen LogP contribution in [0.4, 0.5) is 18.9 Å². The highest BCUT2D eigenvalue weighted by molar-refractivity contribution is 5.81. The standard InChI is InChI=1S/C22H23F3N4O/c1-15-6-5-9-18(16(15)2)27-10-12-28(13-11-27)20(30)14-29-19-8-4-3-7-17(19)26-21(29)22(23,24)25/h3-9H,10-14H2,1-2H3. The first kappa shape index (κ1) is 20.3. The third kappa shape index (κ3) is 3.74. The van der Waals surface area contributed by atoms with Crippen LogP contribution in [0.1, 0.15) is 17.0 Å². The molecule has 0 N–H and O–H groups in total. The SMILES string of the molecule is Cc1cccc(N2CCN(C(=O)Cn3c(C(F)(F)F)nc4ccccc43)CC2)c1C. The van der Waals surface area contributed by atoms with Crippen molar-refractivity contribution in [3.63, 3.8) is 0 Å². The van der Waals surface area contributed by atoms with Crippen molar-refractivity contribution in [1.29, 1.82) is 0 Å². The topological polar surface area (TPSA) is 41.4 Å². The van der Waals surface area contributed by atoms with Crippen molar-refractivity contribution in [2.45, 2.75) is 26.6 Å². The maximum absolute atomic E-state index is 13.5. The van der Waals surface area contributed by atoms with Crippen molar-refractivity contribution in [2.24, 2.45) is 0 Å². The second kappa shape index (κ2) is 7.66. The predicted octanol–water partition coefficient (Wildman–Crippen LogP) is 4.02. The molecule has 158 valence electrons. The molecule has 30 heavy (non-hydrogen) atoms. The van der Waals surface area contributed by atoms with Crippen LogP contribution in [0, 0.1) is 13.8 Å². The molecule has 1 aliphatic heterocycles. The van der Waals surface area contributed by atoms with Gasteiger partial charge in [-0.1, -0.05) is 24.3 Å². The van der Waals surface area contributed by atoms with Gasteiger partial charge in [0.25, 0.3) is 0 Å². The number of halogens is 3. The molecule has 1 aromatic heterocycles. The fraction of sp³-hybridized carbons (Fsp3) is 0.364. The molecule has 5 nitrogen and oxygen atoms in total. The molecule has 1 fully saturated rings. The second-order valence-corrected chi connectivity index (χ2v) is 7.59. The highest BCUT2D eigenvalue weighted by Crippen LogP contribution is 2.31. The number of imidazole rings is 1. The summed E-state index contributed by atoms with van der Waals surface area (Å²) in [4.78, 5) is 20.4. The monoisotopic (exact) mass is 416 g/mol. The number of hydrogen-bond donors (Lipinski definition) is 0. The summed E-state index contributed by atoms with van der Waals surface area (Å²) in [5.41, 5.74) is 4.10. The molecule has 1 amide bonds. The van der Waals surface area contributed by atoms with E-state index in [1.807, 2.05) is 6.07 Å². The second-order valence-electron chi connectivity index (χ2n) is 7.59. The Morgan fingerprint density at radius 2 is 1.70 bits per heavy atom. The van der Waals surface area contributed by atoms with E-state index in [2.05, 4.69) is 35.9 Å². The summed E-state index contributed by atoms with van der Waals surface area (Å²) in [7, 11) is 0. The summed E-state index contributed by atoms with van der Waals surface area (Å²) in [5, 5.41) is 0. The van der Waals surface area contributed by atoms with Crippen molar-refractivity contribution in [2.75, 3.05) is 31.1 Å². The van der Waals surface area contributed by atoms with Gasteiger partial charge in [-0.25, -0.2) is 4.98 Å². The molecular weight excluding hydrogens is 393 g/mol. The molecule has 1 saturated heterocycles. The first-order valence-corrected chi connectivity index (χ1v) is 9.87. The molecule has 2 aromatic carbocycles. The molecule has 4 rings (SSSR count). The van der Waals surface area contributed by atoms with Gasteiger partial charge in [0.05, 0.1) is 11.0 Å². The number of hydrogen-bond acceptors (Lipinski definition) is 3. The molecule has 0 spiro atoms. The molecule has 1 aliphatic rings. The number of anilines is 1. The number of nitrogens with zero attached hydrogens (tertiary/aromatic N) is 4. The van der Waals surface area contributed by atoms with Crippen molar-refractivity contribution in [3.05, 3.63) is 59.4 Å². The summed E-state index contributed by atoms with van der Waals surface area (Å²) < 4.78 is 41.4. The Kier molecular flexibility index (Phi) is 5.17. The fourth-order valence-corrected chi connectivity index (χ4v) is 3.96. The third-order valence-corrected chi connectivity index (χ3v) is 5.75. The lowest BCUT2D eigenvalue weighted by molar-refractivity contribution is -0.148. The van der Waals surface area contributed by atoms with Crippen LogP contribution in [-0.2, 0) is 17.5 Å². The Morgan fingerprint density at radius 1 is 1.00 bits per heavy atom. The van der Waals surface area contributed by atoms with Gasteiger partial charge in [0.1, 0.15) is 6.54 Å². The van der Waals surface area contributed by atoms with Gasteiger partial charge in [-0.2, -0.15) is 13.2 Å². The van der Waals surface area contributed by atoms with Crippen molar-refractivity contribution in [1.82, 2.24) is 14.5 Å². The van der Waals surface area contributed by atoms with Gasteiger partial charge in [-0.05, 0) is 43.2 Å². The summed E-state index contributed by atoms with van der Waals surface area (Å²) in [5.74, 6) is -1.37. The minimum atomic E-state index is -4.62. The van der Waals surface area contributed by atoms with E-state index in [-0.39, 0.29) is 18.0 Å². The van der Waals surface area contributed by atoms with Crippen molar-refractivity contribution >= 4 is 22.6 Å². The van der Waals surface area contributed by atoms with Gasteiger partial charge in [0.15, 0.2) is 0 Å². The van der Waals surface area contributed by atoms with E-state index in [0.29, 0.717) is 31.7 Å². The Balaban J connectivity index is 1.50. The van der Waals surface area contributed by atoms with Gasteiger partial charge in [0.2, 0.25) is 11.7 Å². The number of alkyl halides is 3. The minimum absolute atomic E-state index is 0.234. The average Bonchev–Trinajstić information content (AvgIpc) is 3.09. The Bertz CT molecular complexity index is 1080. The van der Waals surface area contributed by atoms with E-state index in [1.54, 1.807) is 23.1 Å².